The summed E-state index contributed by atoms with van der Waals surface area (Å²) < 4.78 is 5.18. The fourth-order valence-corrected chi connectivity index (χ4v) is 2.44. The highest BCUT2D eigenvalue weighted by Gasteiger charge is 2.50. The first-order valence-corrected chi connectivity index (χ1v) is 6.27. The summed E-state index contributed by atoms with van der Waals surface area (Å²) in [5.41, 5.74) is 5.20. The average molecular weight is 263 g/mol. The van der Waals surface area contributed by atoms with Gasteiger partial charge in [-0.3, -0.25) is 9.59 Å². The van der Waals surface area contributed by atoms with Crippen molar-refractivity contribution in [3.05, 3.63) is 35.9 Å². The van der Waals surface area contributed by atoms with Gasteiger partial charge in [0, 0.05) is 0 Å². The maximum absolute atomic E-state index is 12.0. The maximum Gasteiger partial charge on any atom is 0.324 e. The van der Waals surface area contributed by atoms with Crippen molar-refractivity contribution in [2.75, 3.05) is 0 Å². The quantitative estimate of drug-likeness (QED) is 0.799. The molecule has 0 amide bonds. The van der Waals surface area contributed by atoms with Crippen LogP contribution in [-0.4, -0.2) is 22.6 Å². The van der Waals surface area contributed by atoms with Gasteiger partial charge in [0.05, 0.1) is 5.92 Å². The Morgan fingerprint density at radius 1 is 1.37 bits per heavy atom. The fourth-order valence-electron chi connectivity index (χ4n) is 2.44. The molecule has 0 heterocycles. The number of carbonyl (C=O) groups excluding carboxylic acids is 1. The Hall–Kier alpha value is -1.88. The number of carbonyl (C=O) groups is 2. The fraction of sp³-hybridized carbons (Fsp3) is 0.429. The molecule has 102 valence electrons. The first kappa shape index (κ1) is 13.5. The lowest BCUT2D eigenvalue weighted by Crippen LogP contribution is -2.53. The van der Waals surface area contributed by atoms with Gasteiger partial charge in [0.25, 0.3) is 0 Å². The lowest BCUT2D eigenvalue weighted by Gasteiger charge is -2.25. The molecule has 0 bridgehead atoms. The Morgan fingerprint density at radius 2 is 2.05 bits per heavy atom. The van der Waals surface area contributed by atoms with Crippen molar-refractivity contribution in [3.63, 3.8) is 0 Å². The number of nitrogens with two attached hydrogens (primary N) is 1. The maximum atomic E-state index is 12.0. The summed E-state index contributed by atoms with van der Waals surface area (Å²) in [6, 6.07) is 9.26. The van der Waals surface area contributed by atoms with E-state index in [1.54, 1.807) is 0 Å². The molecule has 1 aliphatic carbocycles. The normalized spacial score (nSPS) is 26.1. The minimum absolute atomic E-state index is 0.145. The van der Waals surface area contributed by atoms with Crippen molar-refractivity contribution in [1.29, 1.82) is 0 Å². The molecule has 1 saturated carbocycles. The first-order chi connectivity index (χ1) is 9.04. The van der Waals surface area contributed by atoms with E-state index < -0.39 is 23.4 Å². The van der Waals surface area contributed by atoms with E-state index in [1.807, 2.05) is 30.3 Å². The van der Waals surface area contributed by atoms with Crippen molar-refractivity contribution in [2.24, 2.45) is 11.7 Å². The predicted octanol–water partition coefficient (Wildman–Crippen LogP) is 1.31. The molecular formula is C14H17NO4. The van der Waals surface area contributed by atoms with E-state index in [0.717, 1.165) is 5.56 Å². The molecule has 5 heteroatoms. The van der Waals surface area contributed by atoms with E-state index in [2.05, 4.69) is 0 Å². The lowest BCUT2D eigenvalue weighted by molar-refractivity contribution is -0.158. The number of hydrogen-bond donors (Lipinski definition) is 2. The van der Waals surface area contributed by atoms with Crippen LogP contribution in [-0.2, 0) is 20.9 Å². The van der Waals surface area contributed by atoms with Gasteiger partial charge in [-0.25, -0.2) is 0 Å². The average Bonchev–Trinajstić information content (AvgIpc) is 2.81. The first-order valence-electron chi connectivity index (χ1n) is 6.27. The second-order valence-electron chi connectivity index (χ2n) is 4.88. The smallest absolute Gasteiger partial charge is 0.324 e. The second kappa shape index (κ2) is 5.40. The number of carboxylic acid groups (broad SMARTS) is 1. The SMILES string of the molecule is NC1(C(=O)O)CCCC1C(=O)OCc1ccccc1. The van der Waals surface area contributed by atoms with Gasteiger partial charge in [-0.05, 0) is 18.4 Å². The van der Waals surface area contributed by atoms with Gasteiger partial charge in [-0.2, -0.15) is 0 Å². The van der Waals surface area contributed by atoms with Crippen LogP contribution in [0.2, 0.25) is 0 Å². The van der Waals surface area contributed by atoms with Crippen molar-refractivity contribution in [1.82, 2.24) is 0 Å². The lowest BCUT2D eigenvalue weighted by atomic mass is 9.88. The summed E-state index contributed by atoms with van der Waals surface area (Å²) in [5.74, 6) is -2.41. The van der Waals surface area contributed by atoms with E-state index in [-0.39, 0.29) is 6.61 Å². The van der Waals surface area contributed by atoms with E-state index >= 15 is 0 Å². The van der Waals surface area contributed by atoms with Crippen LogP contribution in [0.15, 0.2) is 30.3 Å². The Bertz CT molecular complexity index is 474. The van der Waals surface area contributed by atoms with Crippen molar-refractivity contribution >= 4 is 11.9 Å². The summed E-state index contributed by atoms with van der Waals surface area (Å²) in [7, 11) is 0. The van der Waals surface area contributed by atoms with Gasteiger partial charge in [-0.15, -0.1) is 0 Å². The Labute approximate surface area is 111 Å². The molecule has 5 nitrogen and oxygen atoms in total. The minimum Gasteiger partial charge on any atom is -0.480 e. The Kier molecular flexibility index (Phi) is 3.85. The molecular weight excluding hydrogens is 246 g/mol. The van der Waals surface area contributed by atoms with Crippen LogP contribution in [0.1, 0.15) is 24.8 Å². The third-order valence-electron chi connectivity index (χ3n) is 3.61. The van der Waals surface area contributed by atoms with Gasteiger partial charge in [0.1, 0.15) is 12.1 Å². The molecule has 1 aromatic rings. The molecule has 1 aliphatic rings. The highest BCUT2D eigenvalue weighted by molar-refractivity contribution is 5.88. The van der Waals surface area contributed by atoms with Gasteiger partial charge in [-0.1, -0.05) is 36.8 Å². The summed E-state index contributed by atoms with van der Waals surface area (Å²) in [4.78, 5) is 23.2. The number of carboxylic acids is 1. The van der Waals surface area contributed by atoms with Crippen LogP contribution in [0.5, 0.6) is 0 Å². The number of rotatable bonds is 4. The van der Waals surface area contributed by atoms with Gasteiger partial charge < -0.3 is 15.6 Å². The molecule has 3 N–H and O–H groups in total. The molecule has 2 rings (SSSR count). The van der Waals surface area contributed by atoms with E-state index in [1.165, 1.54) is 0 Å². The number of esters is 1. The van der Waals surface area contributed by atoms with E-state index in [0.29, 0.717) is 19.3 Å². The largest absolute Gasteiger partial charge is 0.480 e. The van der Waals surface area contributed by atoms with Crippen LogP contribution in [0.25, 0.3) is 0 Å². The van der Waals surface area contributed by atoms with Crippen molar-refractivity contribution in [2.45, 2.75) is 31.4 Å². The van der Waals surface area contributed by atoms with Gasteiger partial charge >= 0.3 is 11.9 Å². The van der Waals surface area contributed by atoms with E-state index in [4.69, 9.17) is 15.6 Å². The molecule has 0 aromatic heterocycles. The highest BCUT2D eigenvalue weighted by Crippen LogP contribution is 2.35. The molecule has 0 spiro atoms. The van der Waals surface area contributed by atoms with E-state index in [9.17, 15) is 9.59 Å². The summed E-state index contributed by atoms with van der Waals surface area (Å²) in [6.45, 7) is 0.145. The third-order valence-corrected chi connectivity index (χ3v) is 3.61. The number of ether oxygens (including phenoxy) is 1. The van der Waals surface area contributed by atoms with Crippen LogP contribution in [0.4, 0.5) is 0 Å². The molecule has 1 fully saturated rings. The Morgan fingerprint density at radius 3 is 2.68 bits per heavy atom. The van der Waals surface area contributed by atoms with Crippen molar-refractivity contribution in [3.8, 4) is 0 Å². The highest BCUT2D eigenvalue weighted by atomic mass is 16.5. The molecule has 19 heavy (non-hydrogen) atoms. The van der Waals surface area contributed by atoms with Crippen LogP contribution < -0.4 is 5.73 Å². The zero-order valence-corrected chi connectivity index (χ0v) is 10.5. The van der Waals surface area contributed by atoms with Gasteiger partial charge in [0.15, 0.2) is 0 Å². The molecule has 1 aromatic carbocycles. The van der Waals surface area contributed by atoms with Crippen LogP contribution in [0, 0.1) is 5.92 Å². The molecule has 0 aliphatic heterocycles. The molecule has 0 radical (unpaired) electrons. The number of benzene rings is 1. The topological polar surface area (TPSA) is 89.6 Å². The number of hydrogen-bond acceptors (Lipinski definition) is 4. The molecule has 0 saturated heterocycles. The standard InChI is InChI=1S/C14H17NO4/c15-14(13(17)18)8-4-7-11(14)12(16)19-9-10-5-2-1-3-6-10/h1-3,5-6,11H,4,7-9,15H2,(H,17,18). The zero-order chi connectivity index (χ0) is 13.9. The third kappa shape index (κ3) is 2.76. The minimum atomic E-state index is -1.48. The molecule has 2 unspecified atom stereocenters. The van der Waals surface area contributed by atoms with Crippen LogP contribution >= 0.6 is 0 Å². The zero-order valence-electron chi connectivity index (χ0n) is 10.5. The van der Waals surface area contributed by atoms with Crippen LogP contribution in [0.3, 0.4) is 0 Å². The van der Waals surface area contributed by atoms with Gasteiger partial charge in [0.2, 0.25) is 0 Å². The summed E-state index contributed by atoms with van der Waals surface area (Å²) >= 11 is 0. The summed E-state index contributed by atoms with van der Waals surface area (Å²) in [5, 5.41) is 9.14. The number of aliphatic carboxylic acids is 1. The van der Waals surface area contributed by atoms with Crippen molar-refractivity contribution < 1.29 is 19.4 Å². The molecule has 2 atom stereocenters. The Balaban J connectivity index is 1.98. The predicted molar refractivity (Wildman–Crippen MR) is 68.1 cm³/mol. The summed E-state index contributed by atoms with van der Waals surface area (Å²) in [6.07, 6.45) is 1.41. The monoisotopic (exact) mass is 263 g/mol. The second-order valence-corrected chi connectivity index (χ2v) is 4.88.